The Kier molecular flexibility index (Phi) is 7.37. The third kappa shape index (κ3) is 5.76. The standard InChI is InChI=1S/C25H26N2O4S2/c1-19-17-21(33(29,30)27-15-7-8-16-27)13-14-23(19)31-18-25(28)26-22-11-5-6-12-24(22)32-20-9-3-2-4-10-20/h2-6,9-14,17H,7-8,15-16,18H2,1H3,(H,26,28). The van der Waals surface area contributed by atoms with Crippen molar-refractivity contribution in [2.24, 2.45) is 0 Å². The van der Waals surface area contributed by atoms with E-state index in [0.717, 1.165) is 22.6 Å². The van der Waals surface area contributed by atoms with Crippen LogP contribution in [0, 0.1) is 6.92 Å². The second-order valence-electron chi connectivity index (χ2n) is 7.79. The van der Waals surface area contributed by atoms with Gasteiger partial charge in [-0.25, -0.2) is 8.42 Å². The van der Waals surface area contributed by atoms with E-state index in [-0.39, 0.29) is 17.4 Å². The van der Waals surface area contributed by atoms with E-state index < -0.39 is 10.0 Å². The number of aryl methyl sites for hydroxylation is 1. The van der Waals surface area contributed by atoms with Gasteiger partial charge in [0.15, 0.2) is 6.61 Å². The minimum Gasteiger partial charge on any atom is -0.483 e. The monoisotopic (exact) mass is 482 g/mol. The van der Waals surface area contributed by atoms with Gasteiger partial charge in [-0.1, -0.05) is 42.1 Å². The lowest BCUT2D eigenvalue weighted by molar-refractivity contribution is -0.118. The molecular formula is C25H26N2O4S2. The summed E-state index contributed by atoms with van der Waals surface area (Å²) in [6.07, 6.45) is 1.78. The zero-order valence-electron chi connectivity index (χ0n) is 18.4. The second-order valence-corrected chi connectivity index (χ2v) is 10.8. The van der Waals surface area contributed by atoms with E-state index in [1.807, 2.05) is 54.6 Å². The number of rotatable bonds is 8. The lowest BCUT2D eigenvalue weighted by Gasteiger charge is -2.17. The van der Waals surface area contributed by atoms with Crippen molar-refractivity contribution in [3.63, 3.8) is 0 Å². The SMILES string of the molecule is Cc1cc(S(=O)(=O)N2CCCC2)ccc1OCC(=O)Nc1ccccc1Sc1ccccc1. The number of hydrogen-bond donors (Lipinski definition) is 1. The van der Waals surface area contributed by atoms with Crippen molar-refractivity contribution in [1.29, 1.82) is 0 Å². The largest absolute Gasteiger partial charge is 0.483 e. The lowest BCUT2D eigenvalue weighted by atomic mass is 10.2. The molecule has 1 aliphatic rings. The first-order valence-corrected chi connectivity index (χ1v) is 13.0. The highest BCUT2D eigenvalue weighted by molar-refractivity contribution is 7.99. The summed E-state index contributed by atoms with van der Waals surface area (Å²) in [5.41, 5.74) is 1.38. The first-order valence-electron chi connectivity index (χ1n) is 10.8. The molecule has 4 rings (SSSR count). The van der Waals surface area contributed by atoms with Crippen molar-refractivity contribution in [3.05, 3.63) is 78.4 Å². The Hall–Kier alpha value is -2.81. The molecule has 0 aromatic heterocycles. The first kappa shape index (κ1) is 23.4. The first-order chi connectivity index (χ1) is 15.9. The van der Waals surface area contributed by atoms with Crippen LogP contribution in [0.1, 0.15) is 18.4 Å². The molecule has 172 valence electrons. The third-order valence-corrected chi connectivity index (χ3v) is 8.32. The van der Waals surface area contributed by atoms with Crippen LogP contribution >= 0.6 is 11.8 Å². The maximum absolute atomic E-state index is 12.7. The van der Waals surface area contributed by atoms with Crippen molar-refractivity contribution < 1.29 is 17.9 Å². The van der Waals surface area contributed by atoms with Crippen LogP contribution in [0.2, 0.25) is 0 Å². The summed E-state index contributed by atoms with van der Waals surface area (Å²) in [7, 11) is -3.48. The van der Waals surface area contributed by atoms with Crippen LogP contribution in [0.15, 0.2) is 87.5 Å². The van der Waals surface area contributed by atoms with Gasteiger partial charge < -0.3 is 10.1 Å². The summed E-state index contributed by atoms with van der Waals surface area (Å²) in [5.74, 6) is 0.196. The molecule has 0 spiro atoms. The average molecular weight is 483 g/mol. The molecule has 1 amide bonds. The van der Waals surface area contributed by atoms with Gasteiger partial charge in [-0.15, -0.1) is 0 Å². The van der Waals surface area contributed by atoms with Gasteiger partial charge in [0.05, 0.1) is 10.6 Å². The number of benzene rings is 3. The van der Waals surface area contributed by atoms with Crippen LogP contribution in [-0.4, -0.2) is 38.3 Å². The van der Waals surface area contributed by atoms with Gasteiger partial charge in [-0.2, -0.15) is 4.31 Å². The van der Waals surface area contributed by atoms with Crippen LogP contribution in [0.3, 0.4) is 0 Å². The van der Waals surface area contributed by atoms with Gasteiger partial charge in [0.1, 0.15) is 5.75 Å². The number of ether oxygens (including phenoxy) is 1. The van der Waals surface area contributed by atoms with Crippen molar-refractivity contribution in [1.82, 2.24) is 4.31 Å². The molecule has 0 saturated carbocycles. The van der Waals surface area contributed by atoms with E-state index in [0.29, 0.717) is 30.1 Å². The van der Waals surface area contributed by atoms with Crippen LogP contribution in [0.4, 0.5) is 5.69 Å². The van der Waals surface area contributed by atoms with E-state index in [4.69, 9.17) is 4.74 Å². The molecule has 3 aromatic rings. The van der Waals surface area contributed by atoms with Gasteiger partial charge in [-0.3, -0.25) is 4.79 Å². The van der Waals surface area contributed by atoms with Crippen molar-refractivity contribution in [3.8, 4) is 5.75 Å². The molecule has 0 aliphatic carbocycles. The number of anilines is 1. The molecule has 0 atom stereocenters. The molecule has 3 aromatic carbocycles. The molecule has 1 N–H and O–H groups in total. The number of para-hydroxylation sites is 1. The maximum Gasteiger partial charge on any atom is 0.262 e. The minimum absolute atomic E-state index is 0.177. The molecule has 1 heterocycles. The second kappa shape index (κ2) is 10.4. The summed E-state index contributed by atoms with van der Waals surface area (Å²) >= 11 is 1.57. The fourth-order valence-electron chi connectivity index (χ4n) is 3.63. The minimum atomic E-state index is -3.48. The van der Waals surface area contributed by atoms with E-state index in [1.165, 1.54) is 4.31 Å². The Labute approximate surface area is 199 Å². The molecule has 0 unspecified atom stereocenters. The third-order valence-electron chi connectivity index (χ3n) is 5.34. The number of amides is 1. The number of nitrogens with zero attached hydrogens (tertiary/aromatic N) is 1. The fourth-order valence-corrected chi connectivity index (χ4v) is 6.15. The average Bonchev–Trinajstić information content (AvgIpc) is 3.36. The van der Waals surface area contributed by atoms with E-state index in [2.05, 4.69) is 5.32 Å². The molecule has 6 nitrogen and oxygen atoms in total. The zero-order chi connectivity index (χ0) is 23.3. The maximum atomic E-state index is 12.7. The number of carbonyl (C=O) groups excluding carboxylic acids is 1. The summed E-state index contributed by atoms with van der Waals surface area (Å²) < 4.78 is 32.7. The van der Waals surface area contributed by atoms with Crippen molar-refractivity contribution >= 4 is 33.4 Å². The Balaban J connectivity index is 1.39. The van der Waals surface area contributed by atoms with Gasteiger partial charge in [0.25, 0.3) is 5.91 Å². The highest BCUT2D eigenvalue weighted by Gasteiger charge is 2.27. The van der Waals surface area contributed by atoms with Gasteiger partial charge in [0, 0.05) is 22.9 Å². The predicted molar refractivity (Wildman–Crippen MR) is 130 cm³/mol. The summed E-state index contributed by atoms with van der Waals surface area (Å²) in [4.78, 5) is 14.8. The molecule has 1 fully saturated rings. The van der Waals surface area contributed by atoms with E-state index >= 15 is 0 Å². The zero-order valence-corrected chi connectivity index (χ0v) is 20.0. The van der Waals surface area contributed by atoms with Gasteiger partial charge >= 0.3 is 0 Å². The molecular weight excluding hydrogens is 456 g/mol. The topological polar surface area (TPSA) is 75.7 Å². The number of carbonyl (C=O) groups is 1. The molecule has 33 heavy (non-hydrogen) atoms. The molecule has 8 heteroatoms. The summed E-state index contributed by atoms with van der Waals surface area (Å²) in [5, 5.41) is 2.91. The van der Waals surface area contributed by atoms with Crippen molar-refractivity contribution in [2.45, 2.75) is 34.5 Å². The Morgan fingerprint density at radius 2 is 1.70 bits per heavy atom. The quantitative estimate of drug-likeness (QED) is 0.492. The van der Waals surface area contributed by atoms with Crippen molar-refractivity contribution in [2.75, 3.05) is 25.0 Å². The normalized spacial score (nSPS) is 14.2. The smallest absolute Gasteiger partial charge is 0.262 e. The van der Waals surface area contributed by atoms with Crippen LogP contribution in [0.5, 0.6) is 5.75 Å². The van der Waals surface area contributed by atoms with Crippen LogP contribution in [0.25, 0.3) is 0 Å². The highest BCUT2D eigenvalue weighted by Crippen LogP contribution is 2.33. The molecule has 1 aliphatic heterocycles. The Bertz CT molecular complexity index is 1220. The fraction of sp³-hybridized carbons (Fsp3) is 0.240. The Morgan fingerprint density at radius 1 is 1.00 bits per heavy atom. The molecule has 0 bridgehead atoms. The predicted octanol–water partition coefficient (Wildman–Crippen LogP) is 4.95. The molecule has 1 saturated heterocycles. The Morgan fingerprint density at radius 3 is 2.42 bits per heavy atom. The van der Waals surface area contributed by atoms with Gasteiger partial charge in [-0.05, 0) is 67.8 Å². The van der Waals surface area contributed by atoms with E-state index in [1.54, 1.807) is 36.9 Å². The van der Waals surface area contributed by atoms with E-state index in [9.17, 15) is 13.2 Å². The van der Waals surface area contributed by atoms with Crippen LogP contribution in [-0.2, 0) is 14.8 Å². The number of nitrogens with one attached hydrogen (secondary N) is 1. The molecule has 0 radical (unpaired) electrons. The number of sulfonamides is 1. The summed E-state index contributed by atoms with van der Waals surface area (Å²) in [6, 6.07) is 22.3. The van der Waals surface area contributed by atoms with Gasteiger partial charge in [0.2, 0.25) is 10.0 Å². The highest BCUT2D eigenvalue weighted by atomic mass is 32.2. The lowest BCUT2D eigenvalue weighted by Crippen LogP contribution is -2.27. The number of hydrogen-bond acceptors (Lipinski definition) is 5. The summed E-state index contributed by atoms with van der Waals surface area (Å²) in [6.45, 7) is 2.72. The van der Waals surface area contributed by atoms with Crippen LogP contribution < -0.4 is 10.1 Å².